The number of carbonyl (C=O) groups is 1. The molecule has 0 bridgehead atoms. The molecule has 0 atom stereocenters. The van der Waals surface area contributed by atoms with Gasteiger partial charge in [0.1, 0.15) is 5.69 Å². The molecule has 1 saturated carbocycles. The van der Waals surface area contributed by atoms with Gasteiger partial charge in [0, 0.05) is 11.4 Å². The number of aromatic nitrogens is 2. The smallest absolute Gasteiger partial charge is 0.311 e. The molecule has 0 N–H and O–H groups in total. The van der Waals surface area contributed by atoms with Crippen LogP contribution in [0.1, 0.15) is 49.9 Å². The minimum absolute atomic E-state index is 0.0949. The molecule has 1 fully saturated rings. The number of hydrogen-bond acceptors (Lipinski definition) is 4. The minimum atomic E-state index is -0.450. The van der Waals surface area contributed by atoms with Gasteiger partial charge in [0.05, 0.1) is 19.0 Å². The van der Waals surface area contributed by atoms with Gasteiger partial charge in [-0.25, -0.2) is 0 Å². The van der Waals surface area contributed by atoms with Gasteiger partial charge in [-0.2, -0.15) is 5.10 Å². The highest BCUT2D eigenvalue weighted by atomic mass is 16.5. The van der Waals surface area contributed by atoms with Crippen LogP contribution in [0.4, 0.5) is 0 Å². The Bertz CT molecular complexity index is 788. The summed E-state index contributed by atoms with van der Waals surface area (Å²) in [7, 11) is 1.31. The summed E-state index contributed by atoms with van der Waals surface area (Å²) in [5.41, 5.74) is 2.17. The summed E-state index contributed by atoms with van der Waals surface area (Å²) in [5, 5.41) is 5.03. The topological polar surface area (TPSA) is 61.2 Å². The van der Waals surface area contributed by atoms with Crippen molar-refractivity contribution in [2.45, 2.75) is 45.1 Å². The molecule has 0 radical (unpaired) electrons. The Labute approximate surface area is 128 Å². The van der Waals surface area contributed by atoms with E-state index >= 15 is 0 Å². The molecule has 0 unspecified atom stereocenters. The highest BCUT2D eigenvalue weighted by Gasteiger charge is 2.24. The van der Waals surface area contributed by atoms with Crippen LogP contribution in [0.3, 0.4) is 0 Å². The largest absolute Gasteiger partial charge is 0.469 e. The molecule has 1 heterocycles. The Balaban J connectivity index is 2.20. The fraction of sp³-hybridized carbons (Fsp3) is 0.471. The van der Waals surface area contributed by atoms with E-state index in [-0.39, 0.29) is 23.6 Å². The molecule has 0 aliphatic heterocycles. The standard InChI is InChI=1S/C17H20N2O3/c1-10(2)19-15-8-12(11-4-5-11)6-7-13(15)17(21)14(18-19)9-16(20)22-3/h6-8,10-11H,4-5,9H2,1-3H3. The summed E-state index contributed by atoms with van der Waals surface area (Å²) in [5.74, 6) is 0.170. The van der Waals surface area contributed by atoms with Gasteiger partial charge in [-0.1, -0.05) is 6.07 Å². The highest BCUT2D eigenvalue weighted by molar-refractivity contribution is 5.81. The van der Waals surface area contributed by atoms with Gasteiger partial charge in [0.25, 0.3) is 0 Å². The molecule has 22 heavy (non-hydrogen) atoms. The maximum absolute atomic E-state index is 12.6. The average Bonchev–Trinajstić information content (AvgIpc) is 3.33. The zero-order valence-electron chi connectivity index (χ0n) is 13.1. The number of hydrogen-bond donors (Lipinski definition) is 0. The molecule has 1 aromatic carbocycles. The van der Waals surface area contributed by atoms with Gasteiger partial charge in [-0.3, -0.25) is 14.3 Å². The molecule has 3 rings (SSSR count). The second-order valence-corrected chi connectivity index (χ2v) is 6.12. The number of methoxy groups -OCH3 is 1. The van der Waals surface area contributed by atoms with E-state index in [9.17, 15) is 9.59 Å². The maximum atomic E-state index is 12.6. The van der Waals surface area contributed by atoms with Crippen LogP contribution >= 0.6 is 0 Å². The molecule has 0 amide bonds. The summed E-state index contributed by atoms with van der Waals surface area (Å²) in [4.78, 5) is 24.1. The van der Waals surface area contributed by atoms with Crippen molar-refractivity contribution in [1.82, 2.24) is 9.78 Å². The first-order valence-electron chi connectivity index (χ1n) is 7.63. The Kier molecular flexibility index (Phi) is 3.72. The van der Waals surface area contributed by atoms with Crippen LogP contribution in [-0.4, -0.2) is 22.9 Å². The lowest BCUT2D eigenvalue weighted by atomic mass is 10.1. The van der Waals surface area contributed by atoms with E-state index in [4.69, 9.17) is 0 Å². The highest BCUT2D eigenvalue weighted by Crippen LogP contribution is 2.40. The predicted molar refractivity (Wildman–Crippen MR) is 84.1 cm³/mol. The average molecular weight is 300 g/mol. The number of rotatable bonds is 4. The lowest BCUT2D eigenvalue weighted by molar-refractivity contribution is -0.139. The normalized spacial score (nSPS) is 14.5. The van der Waals surface area contributed by atoms with Gasteiger partial charge in [-0.15, -0.1) is 0 Å². The van der Waals surface area contributed by atoms with E-state index in [1.165, 1.54) is 25.5 Å². The third-order valence-electron chi connectivity index (χ3n) is 4.08. The molecule has 1 aromatic heterocycles. The van der Waals surface area contributed by atoms with Crippen LogP contribution in [0, 0.1) is 0 Å². The SMILES string of the molecule is COC(=O)Cc1nn(C(C)C)c2cc(C3CC3)ccc2c1=O. The Morgan fingerprint density at radius 2 is 2.14 bits per heavy atom. The number of benzene rings is 1. The Morgan fingerprint density at radius 1 is 1.41 bits per heavy atom. The van der Waals surface area contributed by atoms with E-state index in [1.54, 1.807) is 0 Å². The van der Waals surface area contributed by atoms with Gasteiger partial charge in [0.2, 0.25) is 5.43 Å². The number of carbonyl (C=O) groups excluding carboxylic acids is 1. The molecule has 1 aliphatic carbocycles. The van der Waals surface area contributed by atoms with Crippen LogP contribution in [0.15, 0.2) is 23.0 Å². The van der Waals surface area contributed by atoms with Crippen molar-refractivity contribution in [1.29, 1.82) is 0 Å². The van der Waals surface area contributed by atoms with Crippen LogP contribution in [-0.2, 0) is 16.0 Å². The predicted octanol–water partition coefficient (Wildman–Crippen LogP) is 2.57. The van der Waals surface area contributed by atoms with Crippen molar-refractivity contribution in [2.75, 3.05) is 7.11 Å². The number of nitrogens with zero attached hydrogens (tertiary/aromatic N) is 2. The maximum Gasteiger partial charge on any atom is 0.311 e. The van der Waals surface area contributed by atoms with Crippen molar-refractivity contribution in [3.8, 4) is 0 Å². The summed E-state index contributed by atoms with van der Waals surface area (Å²) in [6.07, 6.45) is 2.33. The first-order chi connectivity index (χ1) is 10.5. The first kappa shape index (κ1) is 14.8. The second kappa shape index (κ2) is 5.55. The van der Waals surface area contributed by atoms with Gasteiger partial charge >= 0.3 is 5.97 Å². The first-order valence-corrected chi connectivity index (χ1v) is 7.63. The number of esters is 1. The summed E-state index contributed by atoms with van der Waals surface area (Å²) < 4.78 is 6.49. The summed E-state index contributed by atoms with van der Waals surface area (Å²) >= 11 is 0. The zero-order valence-corrected chi connectivity index (χ0v) is 13.1. The van der Waals surface area contributed by atoms with Crippen molar-refractivity contribution in [3.05, 3.63) is 39.7 Å². The van der Waals surface area contributed by atoms with E-state index in [2.05, 4.69) is 15.9 Å². The molecule has 0 saturated heterocycles. The third kappa shape index (κ3) is 2.63. The molecule has 0 spiro atoms. The van der Waals surface area contributed by atoms with Gasteiger partial charge in [0.15, 0.2) is 0 Å². The molecule has 2 aromatic rings. The van der Waals surface area contributed by atoms with E-state index < -0.39 is 5.97 Å². The van der Waals surface area contributed by atoms with Crippen molar-refractivity contribution in [3.63, 3.8) is 0 Å². The monoisotopic (exact) mass is 300 g/mol. The number of ether oxygens (including phenoxy) is 1. The van der Waals surface area contributed by atoms with Crippen LogP contribution in [0.2, 0.25) is 0 Å². The molecule has 116 valence electrons. The van der Waals surface area contributed by atoms with E-state index in [0.29, 0.717) is 11.3 Å². The van der Waals surface area contributed by atoms with Crippen molar-refractivity contribution < 1.29 is 9.53 Å². The van der Waals surface area contributed by atoms with Gasteiger partial charge in [-0.05, 0) is 50.3 Å². The Morgan fingerprint density at radius 3 is 2.73 bits per heavy atom. The minimum Gasteiger partial charge on any atom is -0.469 e. The summed E-state index contributed by atoms with van der Waals surface area (Å²) in [6, 6.07) is 6.07. The summed E-state index contributed by atoms with van der Waals surface area (Å²) in [6.45, 7) is 4.03. The van der Waals surface area contributed by atoms with Crippen LogP contribution < -0.4 is 5.43 Å². The van der Waals surface area contributed by atoms with E-state index in [0.717, 1.165) is 5.52 Å². The Hall–Kier alpha value is -2.17. The lowest BCUT2D eigenvalue weighted by Gasteiger charge is -2.16. The fourth-order valence-corrected chi connectivity index (χ4v) is 2.70. The van der Waals surface area contributed by atoms with E-state index in [1.807, 2.05) is 30.7 Å². The molecule has 1 aliphatic rings. The van der Waals surface area contributed by atoms with Crippen molar-refractivity contribution >= 4 is 16.9 Å². The molecular formula is C17H20N2O3. The quantitative estimate of drug-likeness (QED) is 0.814. The number of fused-ring (bicyclic) bond motifs is 1. The fourth-order valence-electron chi connectivity index (χ4n) is 2.70. The molecule has 5 nitrogen and oxygen atoms in total. The lowest BCUT2D eigenvalue weighted by Crippen LogP contribution is -2.23. The van der Waals surface area contributed by atoms with Crippen LogP contribution in [0.5, 0.6) is 0 Å². The van der Waals surface area contributed by atoms with Crippen LogP contribution in [0.25, 0.3) is 10.9 Å². The second-order valence-electron chi connectivity index (χ2n) is 6.12. The third-order valence-corrected chi connectivity index (χ3v) is 4.08. The molecule has 5 heteroatoms. The van der Waals surface area contributed by atoms with Crippen molar-refractivity contribution in [2.24, 2.45) is 0 Å². The van der Waals surface area contributed by atoms with Gasteiger partial charge < -0.3 is 4.74 Å². The molecular weight excluding hydrogens is 280 g/mol. The zero-order chi connectivity index (χ0) is 15.9.